The van der Waals surface area contributed by atoms with Crippen molar-refractivity contribution in [3.05, 3.63) is 40.9 Å². The predicted octanol–water partition coefficient (Wildman–Crippen LogP) is 1.63. The van der Waals surface area contributed by atoms with Gasteiger partial charge in [0.1, 0.15) is 6.61 Å². The smallest absolute Gasteiger partial charge is 0.330 e. The molecule has 22 heavy (non-hydrogen) atoms. The number of hydrogen-bond donors (Lipinski definition) is 0. The average Bonchev–Trinajstić information content (AvgIpc) is 2.46. The van der Waals surface area contributed by atoms with Gasteiger partial charge in [-0.05, 0) is 23.8 Å². The van der Waals surface area contributed by atoms with E-state index in [0.717, 1.165) is 14.2 Å². The molecule has 0 N–H and O–H groups in total. The molecule has 122 valence electrons. The molecule has 1 aromatic carbocycles. The molecule has 0 fully saturated rings. The van der Waals surface area contributed by atoms with E-state index in [1.54, 1.807) is 30.3 Å². The minimum atomic E-state index is -3.49. The fourth-order valence-corrected chi connectivity index (χ4v) is 2.44. The molecule has 0 aliphatic rings. The van der Waals surface area contributed by atoms with Crippen molar-refractivity contribution < 1.29 is 17.9 Å². The first kappa shape index (κ1) is 18.6. The van der Waals surface area contributed by atoms with E-state index in [1.807, 2.05) is 0 Å². The summed E-state index contributed by atoms with van der Waals surface area (Å²) >= 11 is 5.76. The Morgan fingerprint density at radius 2 is 1.82 bits per heavy atom. The van der Waals surface area contributed by atoms with Gasteiger partial charge in [-0.3, -0.25) is 0 Å². The first-order valence-corrected chi connectivity index (χ1v) is 8.25. The van der Waals surface area contributed by atoms with Gasteiger partial charge < -0.3 is 4.74 Å². The normalized spacial score (nSPS) is 12.3. The quantitative estimate of drug-likeness (QED) is 0.556. The summed E-state index contributed by atoms with van der Waals surface area (Å²) in [5, 5.41) is 0.616. The van der Waals surface area contributed by atoms with Crippen LogP contribution in [0.4, 0.5) is 0 Å². The topological polar surface area (TPSA) is 66.9 Å². The molecule has 0 amide bonds. The van der Waals surface area contributed by atoms with E-state index < -0.39 is 16.2 Å². The molecule has 0 unspecified atom stereocenters. The van der Waals surface area contributed by atoms with E-state index in [0.29, 0.717) is 5.02 Å². The van der Waals surface area contributed by atoms with Crippen molar-refractivity contribution in [2.45, 2.75) is 0 Å². The number of hydrogen-bond acceptors (Lipinski definition) is 4. The van der Waals surface area contributed by atoms with Gasteiger partial charge in [-0.2, -0.15) is 17.0 Å². The first-order valence-electron chi connectivity index (χ1n) is 6.47. The number of benzene rings is 1. The summed E-state index contributed by atoms with van der Waals surface area (Å²) in [6, 6.07) is 6.97. The fraction of sp³-hybridized carbons (Fsp3) is 0.357. The lowest BCUT2D eigenvalue weighted by atomic mass is 10.2. The summed E-state index contributed by atoms with van der Waals surface area (Å²) in [5.74, 6) is -0.536. The molecule has 0 aliphatic heterocycles. The third-order valence-electron chi connectivity index (χ3n) is 2.79. The van der Waals surface area contributed by atoms with Crippen LogP contribution in [-0.2, 0) is 19.7 Å². The molecule has 0 aromatic heterocycles. The Bertz CT molecular complexity index is 627. The lowest BCUT2D eigenvalue weighted by Crippen LogP contribution is -2.39. The summed E-state index contributed by atoms with van der Waals surface area (Å²) in [5.41, 5.74) is 0.814. The minimum absolute atomic E-state index is 0.0205. The van der Waals surface area contributed by atoms with E-state index >= 15 is 0 Å². The van der Waals surface area contributed by atoms with Crippen molar-refractivity contribution in [1.29, 1.82) is 0 Å². The van der Waals surface area contributed by atoms with Gasteiger partial charge >= 0.3 is 5.97 Å². The zero-order valence-electron chi connectivity index (χ0n) is 12.7. The van der Waals surface area contributed by atoms with Crippen LogP contribution in [0.15, 0.2) is 30.3 Å². The molecule has 0 spiro atoms. The summed E-state index contributed by atoms with van der Waals surface area (Å²) in [4.78, 5) is 11.5. The number of esters is 1. The van der Waals surface area contributed by atoms with Crippen LogP contribution in [0.25, 0.3) is 6.08 Å². The van der Waals surface area contributed by atoms with Crippen molar-refractivity contribution in [2.24, 2.45) is 0 Å². The molecule has 0 saturated heterocycles. The first-order chi connectivity index (χ1) is 10.2. The Morgan fingerprint density at radius 3 is 2.36 bits per heavy atom. The highest BCUT2D eigenvalue weighted by Gasteiger charge is 2.19. The second-order valence-corrected chi connectivity index (χ2v) is 7.35. The number of rotatable bonds is 7. The predicted molar refractivity (Wildman–Crippen MR) is 86.7 cm³/mol. The standard InChI is InChI=1S/C14H19ClN2O4S/c1-16(2)22(19,20)17(3)10-11-21-14(18)9-6-12-4-7-13(15)8-5-12/h4-9H,10-11H2,1-3H3/b9-6+. The van der Waals surface area contributed by atoms with Crippen molar-refractivity contribution in [1.82, 2.24) is 8.61 Å². The van der Waals surface area contributed by atoms with E-state index in [4.69, 9.17) is 16.3 Å². The molecule has 0 radical (unpaired) electrons. The second kappa shape index (κ2) is 8.28. The van der Waals surface area contributed by atoms with Crippen molar-refractivity contribution >= 4 is 33.9 Å². The Hall–Kier alpha value is -1.41. The number of halogens is 1. The maximum atomic E-state index is 11.7. The fourth-order valence-electron chi connectivity index (χ4n) is 1.46. The molecule has 6 nitrogen and oxygen atoms in total. The SMILES string of the molecule is CN(C)S(=O)(=O)N(C)CCOC(=O)/C=C/c1ccc(Cl)cc1. The highest BCUT2D eigenvalue weighted by Crippen LogP contribution is 2.10. The van der Waals surface area contributed by atoms with Gasteiger partial charge in [0.15, 0.2) is 0 Å². The van der Waals surface area contributed by atoms with Crippen LogP contribution in [-0.4, -0.2) is 57.3 Å². The molecular formula is C14H19ClN2O4S. The Balaban J connectivity index is 2.42. The van der Waals surface area contributed by atoms with Gasteiger partial charge in [-0.15, -0.1) is 0 Å². The average molecular weight is 347 g/mol. The van der Waals surface area contributed by atoms with Gasteiger partial charge in [0, 0.05) is 38.8 Å². The maximum Gasteiger partial charge on any atom is 0.330 e. The second-order valence-electron chi connectivity index (χ2n) is 4.66. The third kappa shape index (κ3) is 5.76. The van der Waals surface area contributed by atoms with Crippen molar-refractivity contribution in [2.75, 3.05) is 34.3 Å². The van der Waals surface area contributed by atoms with Gasteiger partial charge in [0.2, 0.25) is 0 Å². The van der Waals surface area contributed by atoms with Gasteiger partial charge in [-0.25, -0.2) is 4.79 Å². The molecule has 0 bridgehead atoms. The zero-order valence-corrected chi connectivity index (χ0v) is 14.3. The Morgan fingerprint density at radius 1 is 1.23 bits per heavy atom. The summed E-state index contributed by atoms with van der Waals surface area (Å²) < 4.78 is 30.6. The highest BCUT2D eigenvalue weighted by atomic mass is 35.5. The molecular weight excluding hydrogens is 328 g/mol. The van der Waals surface area contributed by atoms with Crippen molar-refractivity contribution in [3.8, 4) is 0 Å². The molecule has 1 rings (SSSR count). The van der Waals surface area contributed by atoms with E-state index in [-0.39, 0.29) is 13.2 Å². The zero-order chi connectivity index (χ0) is 16.8. The lowest BCUT2D eigenvalue weighted by molar-refractivity contribution is -0.137. The van der Waals surface area contributed by atoms with Crippen LogP contribution < -0.4 is 0 Å². The van der Waals surface area contributed by atoms with E-state index in [2.05, 4.69) is 0 Å². The molecule has 0 heterocycles. The van der Waals surface area contributed by atoms with Crippen LogP contribution >= 0.6 is 11.6 Å². The molecule has 0 aliphatic carbocycles. The van der Waals surface area contributed by atoms with E-state index in [9.17, 15) is 13.2 Å². The summed E-state index contributed by atoms with van der Waals surface area (Å²) in [6.45, 7) is 0.0639. The summed E-state index contributed by atoms with van der Waals surface area (Å²) in [7, 11) is 0.808. The molecule has 0 saturated carbocycles. The maximum absolute atomic E-state index is 11.7. The van der Waals surface area contributed by atoms with Crippen LogP contribution in [0.1, 0.15) is 5.56 Å². The molecule has 8 heteroatoms. The van der Waals surface area contributed by atoms with Crippen LogP contribution in [0.5, 0.6) is 0 Å². The molecule has 0 atom stereocenters. The van der Waals surface area contributed by atoms with Crippen LogP contribution in [0.3, 0.4) is 0 Å². The summed E-state index contributed by atoms with van der Waals surface area (Å²) in [6.07, 6.45) is 2.88. The van der Waals surface area contributed by atoms with Crippen molar-refractivity contribution in [3.63, 3.8) is 0 Å². The Kier molecular flexibility index (Phi) is 7.02. The number of likely N-dealkylation sites (N-methyl/N-ethyl adjacent to an activating group) is 1. The highest BCUT2D eigenvalue weighted by molar-refractivity contribution is 7.86. The van der Waals surface area contributed by atoms with Gasteiger partial charge in [0.05, 0.1) is 0 Å². The third-order valence-corrected chi connectivity index (χ3v) is 4.93. The number of nitrogens with zero attached hydrogens (tertiary/aromatic N) is 2. The molecule has 1 aromatic rings. The monoisotopic (exact) mass is 346 g/mol. The number of carbonyl (C=O) groups is 1. The number of carbonyl (C=O) groups excluding carboxylic acids is 1. The van der Waals surface area contributed by atoms with Crippen LogP contribution in [0, 0.1) is 0 Å². The van der Waals surface area contributed by atoms with E-state index in [1.165, 1.54) is 27.2 Å². The van der Waals surface area contributed by atoms with Gasteiger partial charge in [-0.1, -0.05) is 23.7 Å². The van der Waals surface area contributed by atoms with Crippen LogP contribution in [0.2, 0.25) is 5.02 Å². The lowest BCUT2D eigenvalue weighted by Gasteiger charge is -2.20. The number of ether oxygens (including phenoxy) is 1. The minimum Gasteiger partial charge on any atom is -0.461 e. The largest absolute Gasteiger partial charge is 0.461 e. The van der Waals surface area contributed by atoms with Gasteiger partial charge in [0.25, 0.3) is 10.2 Å². The Labute approximate surface area is 136 Å².